The first-order valence-corrected chi connectivity index (χ1v) is 8.43. The van der Waals surface area contributed by atoms with Crippen LogP contribution in [-0.2, 0) is 5.72 Å². The minimum absolute atomic E-state index is 0.527. The van der Waals surface area contributed by atoms with E-state index < -0.39 is 5.72 Å². The summed E-state index contributed by atoms with van der Waals surface area (Å²) < 4.78 is 5.19. The molecule has 0 bridgehead atoms. The molecule has 1 N–H and O–H groups in total. The Morgan fingerprint density at radius 2 is 2.09 bits per heavy atom. The second kappa shape index (κ2) is 6.60. The molecule has 3 rings (SSSR count). The summed E-state index contributed by atoms with van der Waals surface area (Å²) in [6.07, 6.45) is 1.71. The second-order valence-corrected chi connectivity index (χ2v) is 6.10. The number of aliphatic imine (C=N–C) groups is 1. The average Bonchev–Trinajstić information content (AvgIpc) is 2.92. The number of rotatable bonds is 4. The number of ether oxygens (including phenoxy) is 1. The number of thioether (sulfide) groups is 1. The third kappa shape index (κ3) is 3.04. The van der Waals surface area contributed by atoms with Crippen LogP contribution in [-0.4, -0.2) is 39.6 Å². The summed E-state index contributed by atoms with van der Waals surface area (Å²) in [5, 5.41) is 12.0. The third-order valence-corrected chi connectivity index (χ3v) is 4.92. The monoisotopic (exact) mass is 329 g/mol. The van der Waals surface area contributed by atoms with Gasteiger partial charge in [0.25, 0.3) is 0 Å². The molecule has 1 aliphatic heterocycles. The Morgan fingerprint density at radius 1 is 1.30 bits per heavy atom. The maximum atomic E-state index is 11.2. The van der Waals surface area contributed by atoms with Gasteiger partial charge in [-0.3, -0.25) is 0 Å². The van der Waals surface area contributed by atoms with Crippen molar-refractivity contribution in [1.29, 1.82) is 0 Å². The lowest BCUT2D eigenvalue weighted by molar-refractivity contribution is -0.0452. The number of methoxy groups -OCH3 is 1. The van der Waals surface area contributed by atoms with Crippen LogP contribution in [0.15, 0.2) is 53.7 Å². The van der Waals surface area contributed by atoms with E-state index >= 15 is 0 Å². The zero-order valence-electron chi connectivity index (χ0n) is 13.1. The Balaban J connectivity index is 1.92. The molecule has 0 radical (unpaired) electrons. The van der Waals surface area contributed by atoms with Gasteiger partial charge in [-0.05, 0) is 31.2 Å². The van der Waals surface area contributed by atoms with Crippen LogP contribution < -0.4 is 4.74 Å². The zero-order chi connectivity index (χ0) is 16.3. The molecule has 120 valence electrons. The Bertz CT molecular complexity index is 691. The van der Waals surface area contributed by atoms with Gasteiger partial charge in [-0.1, -0.05) is 30.0 Å². The normalized spacial score (nSPS) is 22.6. The molecule has 2 aromatic rings. The molecule has 23 heavy (non-hydrogen) atoms. The summed E-state index contributed by atoms with van der Waals surface area (Å²) >= 11 is 1.54. The van der Waals surface area contributed by atoms with Crippen molar-refractivity contribution < 1.29 is 9.84 Å². The summed E-state index contributed by atoms with van der Waals surface area (Å²) in [6, 6.07) is 13.1. The van der Waals surface area contributed by atoms with Crippen molar-refractivity contribution in [3.8, 4) is 5.75 Å². The summed E-state index contributed by atoms with van der Waals surface area (Å²) in [7, 11) is 1.63. The SMILES string of the molecule is CCN1/C(=N\c2ccccn2)SCC1(O)c1ccc(OC)cc1. The molecule has 5 nitrogen and oxygen atoms in total. The molecule has 1 fully saturated rings. The first-order valence-electron chi connectivity index (χ1n) is 7.44. The number of benzene rings is 1. The molecule has 1 atom stereocenters. The van der Waals surface area contributed by atoms with Crippen LogP contribution in [0.2, 0.25) is 0 Å². The van der Waals surface area contributed by atoms with E-state index in [0.29, 0.717) is 18.1 Å². The van der Waals surface area contributed by atoms with Gasteiger partial charge in [0.2, 0.25) is 0 Å². The van der Waals surface area contributed by atoms with Gasteiger partial charge < -0.3 is 14.7 Å². The zero-order valence-corrected chi connectivity index (χ0v) is 14.0. The third-order valence-electron chi connectivity index (χ3n) is 3.81. The quantitative estimate of drug-likeness (QED) is 0.934. The fourth-order valence-electron chi connectivity index (χ4n) is 2.58. The van der Waals surface area contributed by atoms with Gasteiger partial charge in [0.1, 0.15) is 5.75 Å². The van der Waals surface area contributed by atoms with Crippen molar-refractivity contribution in [2.75, 3.05) is 19.4 Å². The molecular formula is C17H19N3O2S. The minimum Gasteiger partial charge on any atom is -0.497 e. The van der Waals surface area contributed by atoms with Crippen LogP contribution in [0.25, 0.3) is 0 Å². The molecule has 1 unspecified atom stereocenters. The Kier molecular flexibility index (Phi) is 4.54. The fourth-order valence-corrected chi connectivity index (χ4v) is 3.83. The van der Waals surface area contributed by atoms with E-state index in [9.17, 15) is 5.11 Å². The molecule has 0 saturated carbocycles. The van der Waals surface area contributed by atoms with Gasteiger partial charge in [0.15, 0.2) is 16.7 Å². The molecule has 0 amide bonds. The van der Waals surface area contributed by atoms with E-state index in [1.54, 1.807) is 13.3 Å². The van der Waals surface area contributed by atoms with Crippen molar-refractivity contribution in [2.24, 2.45) is 4.99 Å². The van der Waals surface area contributed by atoms with Crippen molar-refractivity contribution in [1.82, 2.24) is 9.88 Å². The number of amidine groups is 1. The molecular weight excluding hydrogens is 310 g/mol. The number of pyridine rings is 1. The number of hydrogen-bond donors (Lipinski definition) is 1. The molecule has 2 heterocycles. The van der Waals surface area contributed by atoms with Crippen LogP contribution in [0.1, 0.15) is 12.5 Å². The van der Waals surface area contributed by atoms with Gasteiger partial charge in [0, 0.05) is 18.3 Å². The summed E-state index contributed by atoms with van der Waals surface area (Å²) in [5.41, 5.74) is -0.238. The van der Waals surface area contributed by atoms with Gasteiger partial charge >= 0.3 is 0 Å². The molecule has 0 aliphatic carbocycles. The lowest BCUT2D eigenvalue weighted by Crippen LogP contribution is -2.44. The lowest BCUT2D eigenvalue weighted by atomic mass is 10.0. The predicted molar refractivity (Wildman–Crippen MR) is 93.1 cm³/mol. The van der Waals surface area contributed by atoms with Crippen LogP contribution in [0.4, 0.5) is 5.82 Å². The summed E-state index contributed by atoms with van der Waals surface area (Å²) in [4.78, 5) is 10.7. The molecule has 1 saturated heterocycles. The molecule has 1 aromatic carbocycles. The van der Waals surface area contributed by atoms with Gasteiger partial charge in [0.05, 0.1) is 12.9 Å². The largest absolute Gasteiger partial charge is 0.497 e. The van der Waals surface area contributed by atoms with Gasteiger partial charge in [-0.15, -0.1) is 0 Å². The van der Waals surface area contributed by atoms with Crippen molar-refractivity contribution >= 4 is 22.7 Å². The fraction of sp³-hybridized carbons (Fsp3) is 0.294. The van der Waals surface area contributed by atoms with Gasteiger partial charge in [-0.2, -0.15) is 0 Å². The average molecular weight is 329 g/mol. The summed E-state index contributed by atoms with van der Waals surface area (Å²) in [6.45, 7) is 2.66. The van der Waals surface area contributed by atoms with Gasteiger partial charge in [-0.25, -0.2) is 9.98 Å². The standard InChI is InChI=1S/C17H19N3O2S/c1-3-20-16(19-15-6-4-5-11-18-15)23-12-17(20,21)13-7-9-14(22-2)10-8-13/h4-11,21H,3,12H2,1-2H3/b19-16+. The first kappa shape index (κ1) is 15.8. The van der Waals surface area contributed by atoms with Crippen LogP contribution >= 0.6 is 11.8 Å². The number of hydrogen-bond acceptors (Lipinski definition) is 5. The van der Waals surface area contributed by atoms with Crippen LogP contribution in [0.3, 0.4) is 0 Å². The van der Waals surface area contributed by atoms with E-state index in [-0.39, 0.29) is 0 Å². The molecule has 6 heteroatoms. The van der Waals surface area contributed by atoms with Crippen molar-refractivity contribution in [2.45, 2.75) is 12.6 Å². The highest BCUT2D eigenvalue weighted by Crippen LogP contribution is 2.39. The molecule has 1 aromatic heterocycles. The van der Waals surface area contributed by atoms with E-state index in [4.69, 9.17) is 4.74 Å². The first-order chi connectivity index (χ1) is 11.2. The minimum atomic E-state index is -1.07. The Morgan fingerprint density at radius 3 is 2.70 bits per heavy atom. The van der Waals surface area contributed by atoms with Crippen molar-refractivity contribution in [3.05, 3.63) is 54.2 Å². The molecule has 1 aliphatic rings. The number of aromatic nitrogens is 1. The van der Waals surface area contributed by atoms with E-state index in [1.165, 1.54) is 11.8 Å². The number of aliphatic hydroxyl groups is 1. The van der Waals surface area contributed by atoms with E-state index in [1.807, 2.05) is 54.3 Å². The van der Waals surface area contributed by atoms with Crippen molar-refractivity contribution in [3.63, 3.8) is 0 Å². The highest BCUT2D eigenvalue weighted by atomic mass is 32.2. The highest BCUT2D eigenvalue weighted by Gasteiger charge is 2.44. The Labute approximate surface area is 140 Å². The molecule has 0 spiro atoms. The lowest BCUT2D eigenvalue weighted by Gasteiger charge is -2.33. The topological polar surface area (TPSA) is 58.0 Å². The smallest absolute Gasteiger partial charge is 0.175 e. The van der Waals surface area contributed by atoms with Crippen LogP contribution in [0.5, 0.6) is 5.75 Å². The van der Waals surface area contributed by atoms with E-state index in [0.717, 1.165) is 16.5 Å². The maximum absolute atomic E-state index is 11.2. The predicted octanol–water partition coefficient (Wildman–Crippen LogP) is 2.99. The second-order valence-electron chi connectivity index (χ2n) is 5.16. The maximum Gasteiger partial charge on any atom is 0.175 e. The number of nitrogens with zero attached hydrogens (tertiary/aromatic N) is 3. The van der Waals surface area contributed by atoms with Crippen LogP contribution in [0, 0.1) is 0 Å². The summed E-state index contributed by atoms with van der Waals surface area (Å²) in [5.74, 6) is 1.94. The van der Waals surface area contributed by atoms with E-state index in [2.05, 4.69) is 9.98 Å². The Hall–Kier alpha value is -2.05. The highest BCUT2D eigenvalue weighted by molar-refractivity contribution is 8.14.